The third-order valence-corrected chi connectivity index (χ3v) is 1.38. The molecule has 0 aliphatic carbocycles. The average Bonchev–Trinajstić information content (AvgIpc) is 1.84. The Balaban J connectivity index is 3.92. The zero-order valence-electron chi connectivity index (χ0n) is 6.24. The molecule has 0 atom stereocenters. The number of nitrogens with zero attached hydrogens (tertiary/aromatic N) is 2. The number of carboxylic acids is 1. The van der Waals surface area contributed by atoms with E-state index in [1.54, 1.807) is 0 Å². The Morgan fingerprint density at radius 3 is 2.18 bits per heavy atom. The summed E-state index contributed by atoms with van der Waals surface area (Å²) in [6.07, 6.45) is 0. The molecule has 11 heavy (non-hydrogen) atoms. The van der Waals surface area contributed by atoms with E-state index in [1.807, 2.05) is 0 Å². The van der Waals surface area contributed by atoms with E-state index in [2.05, 4.69) is 0 Å². The molecular weight excluding hydrogens is 172 g/mol. The van der Waals surface area contributed by atoms with Crippen molar-refractivity contribution in [3.05, 3.63) is 0 Å². The smallest absolute Gasteiger partial charge is 0.330 e. The van der Waals surface area contributed by atoms with E-state index in [9.17, 15) is 9.59 Å². The van der Waals surface area contributed by atoms with E-state index in [4.69, 9.17) is 16.7 Å². The topological polar surface area (TPSA) is 60.9 Å². The number of carboxylic acid groups (broad SMARTS) is 1. The largest absolute Gasteiger partial charge is 0.480 e. The summed E-state index contributed by atoms with van der Waals surface area (Å²) >= 11 is 5.06. The number of carbonyl (C=O) groups is 2. The van der Waals surface area contributed by atoms with Gasteiger partial charge in [0.15, 0.2) is 0 Å². The number of aliphatic carboxylic acids is 1. The molecule has 0 saturated carbocycles. The van der Waals surface area contributed by atoms with E-state index < -0.39 is 11.3 Å². The lowest BCUT2D eigenvalue weighted by Crippen LogP contribution is -2.41. The summed E-state index contributed by atoms with van der Waals surface area (Å²) in [7, 11) is 2.84. The summed E-state index contributed by atoms with van der Waals surface area (Å²) in [5, 5.41) is 9.78. The highest BCUT2D eigenvalue weighted by Gasteiger charge is 2.12. The van der Waals surface area contributed by atoms with E-state index in [0.29, 0.717) is 0 Å². The molecule has 1 amide bonds. The number of hydrogen-bond donors (Lipinski definition) is 1. The number of rotatable bonds is 3. The monoisotopic (exact) mass is 180 g/mol. The van der Waals surface area contributed by atoms with Crippen LogP contribution in [0, 0.1) is 0 Å². The molecule has 0 bridgehead atoms. The molecule has 1 N–H and O–H groups in total. The van der Waals surface area contributed by atoms with Gasteiger partial charge in [-0.05, 0) is 11.6 Å². The van der Waals surface area contributed by atoms with Crippen molar-refractivity contribution in [3.63, 3.8) is 0 Å². The summed E-state index contributed by atoms with van der Waals surface area (Å²) in [6, 6.07) is 0. The average molecular weight is 181 g/mol. The van der Waals surface area contributed by atoms with Crippen LogP contribution < -0.4 is 0 Å². The van der Waals surface area contributed by atoms with Gasteiger partial charge in [-0.1, -0.05) is 0 Å². The van der Waals surface area contributed by atoms with Crippen LogP contribution in [-0.2, 0) is 4.79 Å². The first-order valence-electron chi connectivity index (χ1n) is 2.81. The molecule has 0 saturated heterocycles. The van der Waals surface area contributed by atoms with Crippen molar-refractivity contribution >= 4 is 22.9 Å². The molecule has 0 aromatic carbocycles. The molecule has 0 aliphatic rings. The number of amides is 1. The Hall–Kier alpha value is -0.810. The molecule has 0 aromatic rings. The second kappa shape index (κ2) is 4.15. The molecule has 0 radical (unpaired) electrons. The van der Waals surface area contributed by atoms with Gasteiger partial charge in [0.25, 0.3) is 0 Å². The van der Waals surface area contributed by atoms with Gasteiger partial charge in [-0.2, -0.15) is 0 Å². The highest BCUT2D eigenvalue weighted by molar-refractivity contribution is 6.62. The predicted molar refractivity (Wildman–Crippen MR) is 39.3 cm³/mol. The second-order valence-electron chi connectivity index (χ2n) is 1.99. The summed E-state index contributed by atoms with van der Waals surface area (Å²) in [5.74, 6) is -1.02. The molecule has 0 rings (SSSR count). The maximum atomic E-state index is 10.4. The van der Waals surface area contributed by atoms with Crippen molar-refractivity contribution < 1.29 is 14.7 Å². The predicted octanol–water partition coefficient (Wildman–Crippen LogP) is 0.208. The third kappa shape index (κ3) is 3.79. The zero-order valence-corrected chi connectivity index (χ0v) is 7.00. The van der Waals surface area contributed by atoms with Crippen LogP contribution >= 0.6 is 11.6 Å². The Morgan fingerprint density at radius 1 is 1.45 bits per heavy atom. The molecule has 0 heterocycles. The minimum absolute atomic E-state index is 0.255. The number of likely N-dealkylation sites (N-methyl/N-ethyl adjacent to an activating group) is 1. The highest BCUT2D eigenvalue weighted by Crippen LogP contribution is 1.95. The van der Waals surface area contributed by atoms with Gasteiger partial charge in [-0.25, -0.2) is 5.01 Å². The Kier molecular flexibility index (Phi) is 3.84. The van der Waals surface area contributed by atoms with Gasteiger partial charge < -0.3 is 5.11 Å². The lowest BCUT2D eigenvalue weighted by atomic mass is 10.6. The Morgan fingerprint density at radius 2 is 1.91 bits per heavy atom. The van der Waals surface area contributed by atoms with Crippen molar-refractivity contribution in [2.24, 2.45) is 0 Å². The first-order chi connectivity index (χ1) is 4.95. The highest BCUT2D eigenvalue weighted by atomic mass is 35.5. The van der Waals surface area contributed by atoms with Gasteiger partial charge in [-0.15, -0.1) is 0 Å². The minimum Gasteiger partial charge on any atom is -0.480 e. The van der Waals surface area contributed by atoms with Gasteiger partial charge in [-0.3, -0.25) is 14.6 Å². The van der Waals surface area contributed by atoms with E-state index >= 15 is 0 Å². The lowest BCUT2D eigenvalue weighted by Gasteiger charge is -2.23. The summed E-state index contributed by atoms with van der Waals surface area (Å²) < 4.78 is 0. The molecule has 0 spiro atoms. The first-order valence-corrected chi connectivity index (χ1v) is 3.19. The summed E-state index contributed by atoms with van der Waals surface area (Å²) in [6.45, 7) is -0.255. The van der Waals surface area contributed by atoms with Gasteiger partial charge >= 0.3 is 11.3 Å². The number of hydrazine groups is 1. The van der Waals surface area contributed by atoms with Crippen LogP contribution in [0.25, 0.3) is 0 Å². The van der Waals surface area contributed by atoms with Gasteiger partial charge in [0.05, 0.1) is 0 Å². The van der Waals surface area contributed by atoms with Crippen LogP contribution in [0.4, 0.5) is 4.79 Å². The van der Waals surface area contributed by atoms with Crippen molar-refractivity contribution in [1.29, 1.82) is 0 Å². The number of halogens is 1. The van der Waals surface area contributed by atoms with Gasteiger partial charge in [0, 0.05) is 14.1 Å². The van der Waals surface area contributed by atoms with E-state index in [-0.39, 0.29) is 6.54 Å². The van der Waals surface area contributed by atoms with Crippen LogP contribution in [0.5, 0.6) is 0 Å². The molecule has 5 nitrogen and oxygen atoms in total. The first kappa shape index (κ1) is 10.2. The normalized spacial score (nSPS) is 9.82. The SMILES string of the molecule is CN(CC(=O)O)N(C)C(=O)Cl. The fraction of sp³-hybridized carbons (Fsp3) is 0.600. The number of hydrogen-bond acceptors (Lipinski definition) is 3. The van der Waals surface area contributed by atoms with Crippen molar-refractivity contribution in [1.82, 2.24) is 10.0 Å². The van der Waals surface area contributed by atoms with Gasteiger partial charge in [0.1, 0.15) is 6.54 Å². The molecule has 0 aliphatic heterocycles. The van der Waals surface area contributed by atoms with Crippen molar-refractivity contribution in [2.45, 2.75) is 0 Å². The van der Waals surface area contributed by atoms with Crippen LogP contribution in [0.2, 0.25) is 0 Å². The fourth-order valence-electron chi connectivity index (χ4n) is 0.436. The molecule has 64 valence electrons. The molecule has 0 fully saturated rings. The zero-order chi connectivity index (χ0) is 9.02. The molecule has 6 heteroatoms. The standard InChI is InChI=1S/C5H9ClN2O3/c1-7(3-4(9)10)8(2)5(6)11/h3H2,1-2H3,(H,9,10). The number of carbonyl (C=O) groups excluding carboxylic acids is 1. The van der Waals surface area contributed by atoms with Crippen LogP contribution in [0.15, 0.2) is 0 Å². The Bertz CT molecular complexity index is 173. The second-order valence-corrected chi connectivity index (χ2v) is 2.31. The minimum atomic E-state index is -1.02. The van der Waals surface area contributed by atoms with Crippen LogP contribution in [0.3, 0.4) is 0 Å². The fourth-order valence-corrected chi connectivity index (χ4v) is 0.565. The summed E-state index contributed by atoms with van der Waals surface area (Å²) in [5.41, 5.74) is 0. The van der Waals surface area contributed by atoms with Crippen LogP contribution in [-0.4, -0.2) is 47.1 Å². The van der Waals surface area contributed by atoms with Gasteiger partial charge in [0.2, 0.25) is 0 Å². The third-order valence-electron chi connectivity index (χ3n) is 1.13. The summed E-state index contributed by atoms with van der Waals surface area (Å²) in [4.78, 5) is 20.5. The van der Waals surface area contributed by atoms with Crippen molar-refractivity contribution in [2.75, 3.05) is 20.6 Å². The maximum absolute atomic E-state index is 10.4. The molecule has 0 aromatic heterocycles. The molecular formula is C5H9ClN2O3. The Labute approximate surface area is 69.1 Å². The maximum Gasteiger partial charge on any atom is 0.330 e. The quantitative estimate of drug-likeness (QED) is 0.383. The lowest BCUT2D eigenvalue weighted by molar-refractivity contribution is -0.140. The van der Waals surface area contributed by atoms with E-state index in [1.165, 1.54) is 19.1 Å². The van der Waals surface area contributed by atoms with Crippen molar-refractivity contribution in [3.8, 4) is 0 Å². The van der Waals surface area contributed by atoms with E-state index in [0.717, 1.165) is 5.01 Å². The molecule has 0 unspecified atom stereocenters. The van der Waals surface area contributed by atoms with Crippen LogP contribution in [0.1, 0.15) is 0 Å².